The van der Waals surface area contributed by atoms with Gasteiger partial charge in [-0.05, 0) is 42.9 Å². The molecule has 1 heterocycles. The van der Waals surface area contributed by atoms with Crippen molar-refractivity contribution in [2.24, 2.45) is 5.92 Å². The minimum absolute atomic E-state index is 0.222. The van der Waals surface area contributed by atoms with Crippen LogP contribution in [0.25, 0.3) is 5.57 Å². The second-order valence-electron chi connectivity index (χ2n) is 5.70. The number of hydrogen-bond acceptors (Lipinski definition) is 3. The predicted octanol–water partition coefficient (Wildman–Crippen LogP) is 3.91. The average Bonchev–Trinajstić information content (AvgIpc) is 3.22. The lowest BCUT2D eigenvalue weighted by Crippen LogP contribution is -2.14. The van der Waals surface area contributed by atoms with Crippen molar-refractivity contribution in [2.45, 2.75) is 19.3 Å². The Morgan fingerprint density at radius 2 is 2.22 bits per heavy atom. The number of nitrogens with one attached hydrogen (secondary N) is 2. The van der Waals surface area contributed by atoms with Crippen molar-refractivity contribution in [3.05, 3.63) is 66.1 Å². The van der Waals surface area contributed by atoms with Gasteiger partial charge in [0.1, 0.15) is 0 Å². The summed E-state index contributed by atoms with van der Waals surface area (Å²) in [4.78, 5) is 16.6. The fraction of sp³-hybridized carbons (Fsp3) is 0.211. The maximum Gasteiger partial charge on any atom is 0.255 e. The zero-order valence-corrected chi connectivity index (χ0v) is 12.8. The highest BCUT2D eigenvalue weighted by Gasteiger charge is 2.18. The van der Waals surface area contributed by atoms with Crippen molar-refractivity contribution in [2.75, 3.05) is 5.32 Å². The first-order chi connectivity index (χ1) is 11.3. The molecule has 1 aromatic rings. The summed E-state index contributed by atoms with van der Waals surface area (Å²) in [6.07, 6.45) is 19.5. The fourth-order valence-corrected chi connectivity index (χ4v) is 2.37. The molecule has 0 radical (unpaired) electrons. The third-order valence-electron chi connectivity index (χ3n) is 3.80. The van der Waals surface area contributed by atoms with E-state index < -0.39 is 0 Å². The van der Waals surface area contributed by atoms with E-state index in [1.54, 1.807) is 18.5 Å². The van der Waals surface area contributed by atoms with Crippen molar-refractivity contribution < 1.29 is 4.79 Å². The van der Waals surface area contributed by atoms with Gasteiger partial charge in [-0.2, -0.15) is 0 Å². The van der Waals surface area contributed by atoms with Gasteiger partial charge in [-0.25, -0.2) is 0 Å². The van der Waals surface area contributed by atoms with Gasteiger partial charge in [-0.15, -0.1) is 0 Å². The summed E-state index contributed by atoms with van der Waals surface area (Å²) in [6.45, 7) is 0. The molecule has 0 saturated heterocycles. The van der Waals surface area contributed by atoms with Crippen LogP contribution in [-0.2, 0) is 4.79 Å². The van der Waals surface area contributed by atoms with Gasteiger partial charge >= 0.3 is 0 Å². The molecule has 0 unspecified atom stereocenters. The Kier molecular flexibility index (Phi) is 4.62. The zero-order chi connectivity index (χ0) is 16.1. The van der Waals surface area contributed by atoms with E-state index in [2.05, 4.69) is 28.5 Å². The molecule has 1 fully saturated rings. The summed E-state index contributed by atoms with van der Waals surface area (Å²) in [5.41, 5.74) is 3.25. The Morgan fingerprint density at radius 3 is 2.91 bits per heavy atom. The van der Waals surface area contributed by atoms with E-state index in [1.807, 2.05) is 12.1 Å². The van der Waals surface area contributed by atoms with E-state index in [-0.39, 0.29) is 5.91 Å². The summed E-state index contributed by atoms with van der Waals surface area (Å²) >= 11 is 0. The molecular weight excluding hydrogens is 286 g/mol. The number of allylic oxidation sites excluding steroid dienone is 6. The first kappa shape index (κ1) is 15.2. The topological polar surface area (TPSA) is 65.8 Å². The van der Waals surface area contributed by atoms with Gasteiger partial charge < -0.3 is 10.7 Å². The molecule has 1 amide bonds. The Balaban J connectivity index is 1.73. The predicted molar refractivity (Wildman–Crippen MR) is 93.3 cm³/mol. The van der Waals surface area contributed by atoms with Crippen LogP contribution in [-0.4, -0.2) is 17.1 Å². The number of amides is 1. The molecule has 0 aromatic carbocycles. The van der Waals surface area contributed by atoms with Crippen LogP contribution in [0.3, 0.4) is 0 Å². The fourth-order valence-electron chi connectivity index (χ4n) is 2.37. The highest BCUT2D eigenvalue weighted by Crippen LogP contribution is 2.30. The maximum atomic E-state index is 12.4. The van der Waals surface area contributed by atoms with Crippen LogP contribution in [0.15, 0.2) is 60.5 Å². The Labute approximate surface area is 135 Å². The molecule has 0 spiro atoms. The summed E-state index contributed by atoms with van der Waals surface area (Å²) in [5, 5.41) is 10.1. The third kappa shape index (κ3) is 4.13. The molecule has 23 heavy (non-hydrogen) atoms. The lowest BCUT2D eigenvalue weighted by atomic mass is 10.1. The van der Waals surface area contributed by atoms with E-state index in [1.165, 1.54) is 18.9 Å². The molecule has 0 atom stereocenters. The van der Waals surface area contributed by atoms with Gasteiger partial charge in [0.15, 0.2) is 0 Å². The van der Waals surface area contributed by atoms with Crippen molar-refractivity contribution in [3.63, 3.8) is 0 Å². The van der Waals surface area contributed by atoms with E-state index in [0.29, 0.717) is 17.2 Å². The standard InChI is InChI=1S/C19H19N3O/c20-10-9-16(8-7-14-5-6-14)19(23)22-18-11-17(12-21-13-18)15-3-1-2-4-15/h1,3-4,7-14,20H,2,5-6H2,(H,22,23)/b8-7+,16-9+,20-10?. The molecule has 2 aliphatic carbocycles. The monoisotopic (exact) mass is 305 g/mol. The summed E-state index contributed by atoms with van der Waals surface area (Å²) in [5.74, 6) is 0.364. The number of aromatic nitrogens is 1. The van der Waals surface area contributed by atoms with Gasteiger partial charge in [-0.3, -0.25) is 9.78 Å². The number of hydrogen-bond donors (Lipinski definition) is 2. The SMILES string of the molecule is N=C/C=C(\C=C\C1CC1)C(=O)Nc1cncc(C2=CCC=C2)c1. The van der Waals surface area contributed by atoms with E-state index in [0.717, 1.165) is 23.8 Å². The molecule has 2 aliphatic rings. The maximum absolute atomic E-state index is 12.4. The van der Waals surface area contributed by atoms with Gasteiger partial charge in [0.2, 0.25) is 0 Å². The van der Waals surface area contributed by atoms with Crippen LogP contribution in [0, 0.1) is 11.3 Å². The van der Waals surface area contributed by atoms with Crippen LogP contribution < -0.4 is 5.32 Å². The molecule has 3 rings (SSSR count). The normalized spacial score (nSPS) is 17.4. The molecule has 4 nitrogen and oxygen atoms in total. The highest BCUT2D eigenvalue weighted by atomic mass is 16.1. The van der Waals surface area contributed by atoms with Gasteiger partial charge in [0.05, 0.1) is 11.9 Å². The Bertz CT molecular complexity index is 737. The van der Waals surface area contributed by atoms with Gasteiger partial charge in [0.25, 0.3) is 5.91 Å². The first-order valence-corrected chi connectivity index (χ1v) is 7.78. The summed E-state index contributed by atoms with van der Waals surface area (Å²) in [6, 6.07) is 1.92. The first-order valence-electron chi connectivity index (χ1n) is 7.78. The van der Waals surface area contributed by atoms with Crippen LogP contribution >= 0.6 is 0 Å². The minimum atomic E-state index is -0.222. The van der Waals surface area contributed by atoms with E-state index in [9.17, 15) is 4.79 Å². The number of rotatable bonds is 6. The lowest BCUT2D eigenvalue weighted by molar-refractivity contribution is -0.112. The van der Waals surface area contributed by atoms with E-state index in [4.69, 9.17) is 5.41 Å². The van der Waals surface area contributed by atoms with Crippen molar-refractivity contribution in [1.82, 2.24) is 4.98 Å². The third-order valence-corrected chi connectivity index (χ3v) is 3.80. The smallest absolute Gasteiger partial charge is 0.255 e. The number of anilines is 1. The molecule has 1 saturated carbocycles. The number of carbonyl (C=O) groups is 1. The van der Waals surface area contributed by atoms with Crippen LogP contribution in [0.4, 0.5) is 5.69 Å². The van der Waals surface area contributed by atoms with Crippen LogP contribution in [0.2, 0.25) is 0 Å². The Hall–Kier alpha value is -2.75. The molecule has 4 heteroatoms. The summed E-state index contributed by atoms with van der Waals surface area (Å²) in [7, 11) is 0. The second kappa shape index (κ2) is 7.01. The Morgan fingerprint density at radius 1 is 1.35 bits per heavy atom. The molecule has 0 aliphatic heterocycles. The van der Waals surface area contributed by atoms with Crippen molar-refractivity contribution >= 4 is 23.4 Å². The van der Waals surface area contributed by atoms with Crippen molar-refractivity contribution in [3.8, 4) is 0 Å². The second-order valence-corrected chi connectivity index (χ2v) is 5.70. The summed E-state index contributed by atoms with van der Waals surface area (Å²) < 4.78 is 0. The molecular formula is C19H19N3O. The lowest BCUT2D eigenvalue weighted by Gasteiger charge is -2.07. The molecule has 1 aromatic heterocycles. The van der Waals surface area contributed by atoms with E-state index >= 15 is 0 Å². The zero-order valence-electron chi connectivity index (χ0n) is 12.8. The highest BCUT2D eigenvalue weighted by molar-refractivity contribution is 6.07. The van der Waals surface area contributed by atoms with Gasteiger partial charge in [-0.1, -0.05) is 30.4 Å². The largest absolute Gasteiger partial charge is 0.321 e. The van der Waals surface area contributed by atoms with Crippen LogP contribution in [0.1, 0.15) is 24.8 Å². The molecule has 116 valence electrons. The van der Waals surface area contributed by atoms with Gasteiger partial charge in [0, 0.05) is 23.5 Å². The minimum Gasteiger partial charge on any atom is -0.321 e. The average molecular weight is 305 g/mol. The number of carbonyl (C=O) groups excluding carboxylic acids is 1. The number of pyridine rings is 1. The number of nitrogens with zero attached hydrogens (tertiary/aromatic N) is 1. The molecule has 2 N–H and O–H groups in total. The quantitative estimate of drug-likeness (QED) is 0.475. The van der Waals surface area contributed by atoms with Crippen molar-refractivity contribution in [1.29, 1.82) is 5.41 Å². The van der Waals surface area contributed by atoms with Crippen LogP contribution in [0.5, 0.6) is 0 Å². The molecule has 0 bridgehead atoms.